The molecule has 3 aromatic carbocycles. The number of hydrogen-bond donors (Lipinski definition) is 2. The van der Waals surface area contributed by atoms with Gasteiger partial charge in [0.1, 0.15) is 23.9 Å². The van der Waals surface area contributed by atoms with Gasteiger partial charge < -0.3 is 19.8 Å². The van der Waals surface area contributed by atoms with Gasteiger partial charge in [0.05, 0.1) is 0 Å². The number of ether oxygens (including phenoxy) is 1. The number of benzene rings is 3. The Morgan fingerprint density at radius 3 is 1.67 bits per heavy atom. The van der Waals surface area contributed by atoms with Crippen molar-refractivity contribution in [2.45, 2.75) is 13.3 Å². The monoisotopic (exact) mass is 403 g/mol. The minimum Gasteiger partial charge on any atom is -0.508 e. The second-order valence-electron chi connectivity index (χ2n) is 7.48. The van der Waals surface area contributed by atoms with Crippen LogP contribution in [0.5, 0.6) is 17.2 Å². The molecular formula is C26H29NO3. The van der Waals surface area contributed by atoms with E-state index in [0.717, 1.165) is 41.0 Å². The van der Waals surface area contributed by atoms with Gasteiger partial charge in [-0.15, -0.1) is 0 Å². The van der Waals surface area contributed by atoms with E-state index in [0.29, 0.717) is 6.61 Å². The maximum absolute atomic E-state index is 9.75. The summed E-state index contributed by atoms with van der Waals surface area (Å²) in [4.78, 5) is 2.09. The smallest absolute Gasteiger partial charge is 0.119 e. The van der Waals surface area contributed by atoms with Crippen molar-refractivity contribution in [2.24, 2.45) is 0 Å². The molecule has 3 rings (SSSR count). The zero-order valence-corrected chi connectivity index (χ0v) is 17.8. The molecule has 30 heavy (non-hydrogen) atoms. The molecule has 0 aliphatic carbocycles. The van der Waals surface area contributed by atoms with Crippen LogP contribution in [0.2, 0.25) is 0 Å². The Labute approximate surface area is 178 Å². The second kappa shape index (κ2) is 9.99. The third kappa shape index (κ3) is 5.43. The first-order valence-corrected chi connectivity index (χ1v) is 10.2. The van der Waals surface area contributed by atoms with Gasteiger partial charge >= 0.3 is 0 Å². The normalized spacial score (nSPS) is 12.0. The maximum Gasteiger partial charge on any atom is 0.119 e. The lowest BCUT2D eigenvalue weighted by molar-refractivity contribution is 0.261. The molecule has 0 heterocycles. The summed E-state index contributed by atoms with van der Waals surface area (Å²) in [6.07, 6.45) is 0.821. The fraction of sp³-hybridized carbons (Fsp3) is 0.231. The minimum atomic E-state index is 0.241. The summed E-state index contributed by atoms with van der Waals surface area (Å²) < 4.78 is 5.84. The van der Waals surface area contributed by atoms with Crippen LogP contribution in [0.15, 0.2) is 72.8 Å². The van der Waals surface area contributed by atoms with Crippen LogP contribution in [0.3, 0.4) is 0 Å². The van der Waals surface area contributed by atoms with Gasteiger partial charge in [0.15, 0.2) is 0 Å². The average Bonchev–Trinajstić information content (AvgIpc) is 2.74. The lowest BCUT2D eigenvalue weighted by Crippen LogP contribution is -2.19. The standard InChI is InChI=1S/C26H29NO3/c1-4-25(19-5-11-22(28)12-6-19)26(20-7-13-23(29)14-8-20)21-9-15-24(16-10-21)30-18-17-27(2)3/h5-16,28-29H,4,17-18H2,1-3H3. The SMILES string of the molecule is CCC(=C(c1ccc(O)cc1)c1ccc(OCCN(C)C)cc1)c1ccc(O)cc1. The Balaban J connectivity index is 2.03. The highest BCUT2D eigenvalue weighted by Gasteiger charge is 2.13. The van der Waals surface area contributed by atoms with Crippen molar-refractivity contribution in [3.05, 3.63) is 89.5 Å². The Kier molecular flexibility index (Phi) is 7.15. The average molecular weight is 404 g/mol. The molecule has 0 amide bonds. The number of rotatable bonds is 8. The predicted octanol–water partition coefficient (Wildman–Crippen LogP) is 5.41. The number of likely N-dealkylation sites (N-methyl/N-ethyl adjacent to an activating group) is 1. The number of allylic oxidation sites excluding steroid dienone is 1. The number of aromatic hydroxyl groups is 2. The van der Waals surface area contributed by atoms with Gasteiger partial charge in [0.25, 0.3) is 0 Å². The van der Waals surface area contributed by atoms with E-state index in [4.69, 9.17) is 4.74 Å². The van der Waals surface area contributed by atoms with Crippen molar-refractivity contribution < 1.29 is 14.9 Å². The molecule has 0 unspecified atom stereocenters. The van der Waals surface area contributed by atoms with Crippen LogP contribution in [-0.2, 0) is 0 Å². The summed E-state index contributed by atoms with van der Waals surface area (Å²) in [6, 6.07) is 22.7. The van der Waals surface area contributed by atoms with Gasteiger partial charge in [0, 0.05) is 6.54 Å². The highest BCUT2D eigenvalue weighted by atomic mass is 16.5. The van der Waals surface area contributed by atoms with E-state index >= 15 is 0 Å². The van der Waals surface area contributed by atoms with Crippen LogP contribution in [0.4, 0.5) is 0 Å². The lowest BCUT2D eigenvalue weighted by Gasteiger charge is -2.17. The van der Waals surface area contributed by atoms with Crippen molar-refractivity contribution in [1.29, 1.82) is 0 Å². The van der Waals surface area contributed by atoms with Gasteiger partial charge in [-0.05, 0) is 84.8 Å². The molecule has 0 saturated carbocycles. The molecule has 0 spiro atoms. The predicted molar refractivity (Wildman–Crippen MR) is 123 cm³/mol. The fourth-order valence-electron chi connectivity index (χ4n) is 3.39. The van der Waals surface area contributed by atoms with Gasteiger partial charge in [-0.25, -0.2) is 0 Å². The quantitative estimate of drug-likeness (QED) is 0.494. The first-order chi connectivity index (χ1) is 14.5. The van der Waals surface area contributed by atoms with Crippen molar-refractivity contribution >= 4 is 11.1 Å². The van der Waals surface area contributed by atoms with E-state index in [-0.39, 0.29) is 11.5 Å². The Hall–Kier alpha value is -3.24. The molecule has 0 aromatic heterocycles. The van der Waals surface area contributed by atoms with Crippen LogP contribution >= 0.6 is 0 Å². The third-order valence-corrected chi connectivity index (χ3v) is 4.98. The number of hydrogen-bond acceptors (Lipinski definition) is 4. The van der Waals surface area contributed by atoms with E-state index < -0.39 is 0 Å². The number of phenolic OH excluding ortho intramolecular Hbond substituents is 2. The summed E-state index contributed by atoms with van der Waals surface area (Å²) >= 11 is 0. The number of nitrogens with zero attached hydrogens (tertiary/aromatic N) is 1. The molecule has 3 aromatic rings. The number of phenols is 2. The molecule has 0 fully saturated rings. The molecule has 2 N–H and O–H groups in total. The molecule has 0 aliphatic heterocycles. The first kappa shape index (κ1) is 21.5. The Bertz CT molecular complexity index is 972. The van der Waals surface area contributed by atoms with Crippen molar-refractivity contribution in [3.8, 4) is 17.2 Å². The van der Waals surface area contributed by atoms with Crippen molar-refractivity contribution in [2.75, 3.05) is 27.2 Å². The molecule has 4 nitrogen and oxygen atoms in total. The van der Waals surface area contributed by atoms with Crippen molar-refractivity contribution in [3.63, 3.8) is 0 Å². The van der Waals surface area contributed by atoms with Crippen LogP contribution in [0, 0.1) is 0 Å². The second-order valence-corrected chi connectivity index (χ2v) is 7.48. The van der Waals surface area contributed by atoms with Crippen LogP contribution in [-0.4, -0.2) is 42.4 Å². The summed E-state index contributed by atoms with van der Waals surface area (Å²) in [5.74, 6) is 1.33. The molecule has 0 saturated heterocycles. The van der Waals surface area contributed by atoms with E-state index in [2.05, 4.69) is 24.0 Å². The zero-order chi connectivity index (χ0) is 21.5. The largest absolute Gasteiger partial charge is 0.508 e. The van der Waals surface area contributed by atoms with Gasteiger partial charge in [-0.3, -0.25) is 0 Å². The van der Waals surface area contributed by atoms with Gasteiger partial charge in [0.2, 0.25) is 0 Å². The highest BCUT2D eigenvalue weighted by molar-refractivity contribution is 5.98. The van der Waals surface area contributed by atoms with Crippen molar-refractivity contribution in [1.82, 2.24) is 4.90 Å². The Morgan fingerprint density at radius 2 is 1.20 bits per heavy atom. The Morgan fingerprint density at radius 1 is 0.733 bits per heavy atom. The van der Waals surface area contributed by atoms with Gasteiger partial charge in [-0.1, -0.05) is 43.3 Å². The summed E-state index contributed by atoms with van der Waals surface area (Å²) in [7, 11) is 4.05. The third-order valence-electron chi connectivity index (χ3n) is 4.98. The summed E-state index contributed by atoms with van der Waals surface area (Å²) in [6.45, 7) is 3.63. The van der Waals surface area contributed by atoms with E-state index in [1.165, 1.54) is 5.57 Å². The molecule has 0 aliphatic rings. The molecular weight excluding hydrogens is 374 g/mol. The molecule has 4 heteroatoms. The molecule has 0 atom stereocenters. The minimum absolute atomic E-state index is 0.241. The molecule has 156 valence electrons. The van der Waals surface area contributed by atoms with E-state index in [9.17, 15) is 10.2 Å². The van der Waals surface area contributed by atoms with Crippen LogP contribution in [0.25, 0.3) is 11.1 Å². The topological polar surface area (TPSA) is 52.9 Å². The van der Waals surface area contributed by atoms with Gasteiger partial charge in [-0.2, -0.15) is 0 Å². The molecule has 0 radical (unpaired) electrons. The van der Waals surface area contributed by atoms with Crippen LogP contribution < -0.4 is 4.74 Å². The zero-order valence-electron chi connectivity index (χ0n) is 17.8. The van der Waals surface area contributed by atoms with Crippen LogP contribution in [0.1, 0.15) is 30.0 Å². The lowest BCUT2D eigenvalue weighted by atomic mass is 9.88. The summed E-state index contributed by atoms with van der Waals surface area (Å²) in [5.41, 5.74) is 5.43. The first-order valence-electron chi connectivity index (χ1n) is 10.2. The highest BCUT2D eigenvalue weighted by Crippen LogP contribution is 2.36. The van der Waals surface area contributed by atoms with E-state index in [1.807, 2.05) is 50.5 Å². The summed E-state index contributed by atoms with van der Waals surface area (Å²) in [5, 5.41) is 19.4. The fourth-order valence-corrected chi connectivity index (χ4v) is 3.39. The maximum atomic E-state index is 9.75. The van der Waals surface area contributed by atoms with E-state index in [1.54, 1.807) is 24.3 Å². The molecule has 0 bridgehead atoms.